The fourth-order valence-electron chi connectivity index (χ4n) is 1.87. The van der Waals surface area contributed by atoms with Gasteiger partial charge in [-0.1, -0.05) is 19.9 Å². The van der Waals surface area contributed by atoms with Crippen LogP contribution >= 0.6 is 0 Å². The normalized spacial score (nSPS) is 16.5. The Morgan fingerprint density at radius 3 is 2.75 bits per heavy atom. The summed E-state index contributed by atoms with van der Waals surface area (Å²) in [6.07, 6.45) is 0. The minimum atomic E-state index is 0.493. The molecule has 0 bridgehead atoms. The molecule has 1 aromatic rings. The predicted octanol–water partition coefficient (Wildman–Crippen LogP) is 2.00. The summed E-state index contributed by atoms with van der Waals surface area (Å²) in [4.78, 5) is 4.70. The molecule has 0 atom stereocenters. The molecule has 0 saturated carbocycles. The van der Waals surface area contributed by atoms with E-state index in [0.29, 0.717) is 12.0 Å². The molecular formula is C13H20N2O. The van der Waals surface area contributed by atoms with Gasteiger partial charge in [-0.2, -0.15) is 0 Å². The third-order valence-corrected chi connectivity index (χ3v) is 2.95. The number of nitrogens with zero attached hydrogens (tertiary/aromatic N) is 1. The van der Waals surface area contributed by atoms with Gasteiger partial charge in [-0.3, -0.25) is 4.98 Å². The highest BCUT2D eigenvalue weighted by Gasteiger charge is 2.17. The van der Waals surface area contributed by atoms with Gasteiger partial charge in [-0.05, 0) is 24.5 Å². The first-order valence-electron chi connectivity index (χ1n) is 5.94. The lowest BCUT2D eigenvalue weighted by molar-refractivity contribution is -0.00591. The van der Waals surface area contributed by atoms with E-state index in [1.54, 1.807) is 0 Å². The molecule has 1 saturated heterocycles. The third-order valence-electron chi connectivity index (χ3n) is 2.95. The maximum absolute atomic E-state index is 5.12. The van der Waals surface area contributed by atoms with Crippen LogP contribution < -0.4 is 5.32 Å². The van der Waals surface area contributed by atoms with E-state index in [-0.39, 0.29) is 0 Å². The van der Waals surface area contributed by atoms with Gasteiger partial charge in [-0.25, -0.2) is 0 Å². The lowest BCUT2D eigenvalue weighted by Gasteiger charge is -2.27. The molecule has 16 heavy (non-hydrogen) atoms. The van der Waals surface area contributed by atoms with E-state index in [0.717, 1.165) is 25.5 Å². The van der Waals surface area contributed by atoms with Crippen molar-refractivity contribution < 1.29 is 4.74 Å². The van der Waals surface area contributed by atoms with E-state index < -0.39 is 0 Å². The molecule has 0 aliphatic carbocycles. The summed E-state index contributed by atoms with van der Waals surface area (Å²) >= 11 is 0. The van der Waals surface area contributed by atoms with Crippen LogP contribution in [0.5, 0.6) is 0 Å². The Bertz CT molecular complexity index is 359. The number of ether oxygens (including phenoxy) is 1. The number of hydrogen-bond donors (Lipinski definition) is 1. The number of hydrogen-bond acceptors (Lipinski definition) is 3. The highest BCUT2D eigenvalue weighted by Crippen LogP contribution is 2.16. The zero-order valence-electron chi connectivity index (χ0n) is 10.3. The van der Waals surface area contributed by atoms with Crippen molar-refractivity contribution in [3.05, 3.63) is 29.1 Å². The van der Waals surface area contributed by atoms with Crippen molar-refractivity contribution in [3.8, 4) is 0 Å². The highest BCUT2D eigenvalue weighted by atomic mass is 16.5. The number of nitrogens with one attached hydrogen (secondary N) is 1. The first-order valence-corrected chi connectivity index (χ1v) is 5.94. The standard InChI is InChI=1S/C13H20N2O/c1-9(2)13-10(3)4-5-11(15-13)6-14-12-7-16-8-12/h4-5,9,12,14H,6-8H2,1-3H3. The van der Waals surface area contributed by atoms with Crippen LogP contribution in [0.25, 0.3) is 0 Å². The van der Waals surface area contributed by atoms with Crippen molar-refractivity contribution in [2.45, 2.75) is 39.3 Å². The minimum Gasteiger partial charge on any atom is -0.378 e. The Labute approximate surface area is 97.2 Å². The van der Waals surface area contributed by atoms with E-state index in [1.165, 1.54) is 11.3 Å². The predicted molar refractivity (Wildman–Crippen MR) is 64.5 cm³/mol. The number of pyridine rings is 1. The zero-order valence-corrected chi connectivity index (χ0v) is 10.3. The average Bonchev–Trinajstić information content (AvgIpc) is 2.17. The second kappa shape index (κ2) is 4.93. The fraction of sp³-hybridized carbons (Fsp3) is 0.615. The van der Waals surface area contributed by atoms with Crippen LogP contribution in [0.4, 0.5) is 0 Å². The van der Waals surface area contributed by atoms with Gasteiger partial charge in [-0.15, -0.1) is 0 Å². The van der Waals surface area contributed by atoms with Crippen molar-refractivity contribution in [2.24, 2.45) is 0 Å². The first-order chi connectivity index (χ1) is 7.66. The summed E-state index contributed by atoms with van der Waals surface area (Å²) in [5.41, 5.74) is 3.62. The maximum Gasteiger partial charge on any atom is 0.0643 e. The van der Waals surface area contributed by atoms with Crippen LogP contribution in [-0.2, 0) is 11.3 Å². The summed E-state index contributed by atoms with van der Waals surface area (Å²) in [7, 11) is 0. The van der Waals surface area contributed by atoms with Crippen molar-refractivity contribution in [3.63, 3.8) is 0 Å². The van der Waals surface area contributed by atoms with E-state index >= 15 is 0 Å². The second-order valence-corrected chi connectivity index (χ2v) is 4.77. The highest BCUT2D eigenvalue weighted by molar-refractivity contribution is 5.24. The molecule has 0 amide bonds. The molecule has 1 aliphatic rings. The molecule has 1 fully saturated rings. The summed E-state index contributed by atoms with van der Waals surface area (Å²) in [6.45, 7) is 9.01. The molecule has 1 aliphatic heterocycles. The van der Waals surface area contributed by atoms with Crippen LogP contribution in [-0.4, -0.2) is 24.2 Å². The van der Waals surface area contributed by atoms with Crippen molar-refractivity contribution in [1.82, 2.24) is 10.3 Å². The zero-order chi connectivity index (χ0) is 11.5. The van der Waals surface area contributed by atoms with E-state index in [2.05, 4.69) is 38.2 Å². The minimum absolute atomic E-state index is 0.493. The molecule has 1 N–H and O–H groups in total. The van der Waals surface area contributed by atoms with Gasteiger partial charge >= 0.3 is 0 Å². The van der Waals surface area contributed by atoms with E-state index in [4.69, 9.17) is 9.72 Å². The second-order valence-electron chi connectivity index (χ2n) is 4.77. The molecule has 0 radical (unpaired) electrons. The summed E-state index contributed by atoms with van der Waals surface area (Å²) < 4.78 is 5.12. The van der Waals surface area contributed by atoms with Crippen LogP contribution in [0, 0.1) is 6.92 Å². The van der Waals surface area contributed by atoms with Crippen LogP contribution in [0.15, 0.2) is 12.1 Å². The lowest BCUT2D eigenvalue weighted by atomic mass is 10.0. The van der Waals surface area contributed by atoms with Crippen molar-refractivity contribution >= 4 is 0 Å². The Hall–Kier alpha value is -0.930. The van der Waals surface area contributed by atoms with Gasteiger partial charge in [0.1, 0.15) is 0 Å². The molecular weight excluding hydrogens is 200 g/mol. The lowest BCUT2D eigenvalue weighted by Crippen LogP contribution is -2.45. The monoisotopic (exact) mass is 220 g/mol. The van der Waals surface area contributed by atoms with Gasteiger partial charge in [0.25, 0.3) is 0 Å². The van der Waals surface area contributed by atoms with Crippen molar-refractivity contribution in [2.75, 3.05) is 13.2 Å². The van der Waals surface area contributed by atoms with Crippen LogP contribution in [0.2, 0.25) is 0 Å². The summed E-state index contributed by atoms with van der Waals surface area (Å²) in [6, 6.07) is 4.79. The largest absolute Gasteiger partial charge is 0.378 e. The molecule has 0 spiro atoms. The number of aromatic nitrogens is 1. The number of aryl methyl sites for hydroxylation is 1. The maximum atomic E-state index is 5.12. The van der Waals surface area contributed by atoms with Gasteiger partial charge in [0.2, 0.25) is 0 Å². The SMILES string of the molecule is Cc1ccc(CNC2COC2)nc1C(C)C. The van der Waals surface area contributed by atoms with E-state index in [1.807, 2.05) is 0 Å². The molecule has 1 aromatic heterocycles. The Balaban J connectivity index is 2.00. The van der Waals surface area contributed by atoms with Gasteiger partial charge in [0.05, 0.1) is 24.9 Å². The Morgan fingerprint density at radius 2 is 2.19 bits per heavy atom. The molecule has 3 heteroatoms. The van der Waals surface area contributed by atoms with Crippen LogP contribution in [0.1, 0.15) is 36.7 Å². The molecule has 2 heterocycles. The average molecular weight is 220 g/mol. The van der Waals surface area contributed by atoms with Crippen LogP contribution in [0.3, 0.4) is 0 Å². The molecule has 3 nitrogen and oxygen atoms in total. The Morgan fingerprint density at radius 1 is 1.44 bits per heavy atom. The fourth-order valence-corrected chi connectivity index (χ4v) is 1.87. The van der Waals surface area contributed by atoms with E-state index in [9.17, 15) is 0 Å². The molecule has 88 valence electrons. The Kier molecular flexibility index (Phi) is 3.56. The molecule has 0 unspecified atom stereocenters. The smallest absolute Gasteiger partial charge is 0.0643 e. The molecule has 0 aromatic carbocycles. The third kappa shape index (κ3) is 2.60. The quantitative estimate of drug-likeness (QED) is 0.842. The van der Waals surface area contributed by atoms with Gasteiger partial charge in [0.15, 0.2) is 0 Å². The van der Waals surface area contributed by atoms with Gasteiger partial charge in [0, 0.05) is 12.2 Å². The topological polar surface area (TPSA) is 34.1 Å². The summed E-state index contributed by atoms with van der Waals surface area (Å²) in [5.74, 6) is 0.493. The first kappa shape index (κ1) is 11.6. The molecule has 2 rings (SSSR count). The van der Waals surface area contributed by atoms with Gasteiger partial charge < -0.3 is 10.1 Å². The summed E-state index contributed by atoms with van der Waals surface area (Å²) in [5, 5.41) is 3.43. The van der Waals surface area contributed by atoms with Crippen molar-refractivity contribution in [1.29, 1.82) is 0 Å². The number of rotatable bonds is 4.